The zero-order valence-corrected chi connectivity index (χ0v) is 18.3. The number of aromatic nitrogens is 3. The average Bonchev–Trinajstić information content (AvgIpc) is 3.51. The third kappa shape index (κ3) is 5.17. The molecule has 3 aromatic rings. The number of hydrogen-bond acceptors (Lipinski definition) is 6. The number of ether oxygens (including phenoxy) is 3. The van der Waals surface area contributed by atoms with Crippen LogP contribution in [0, 0.1) is 5.92 Å². The molecule has 1 aromatic heterocycles. The Hall–Kier alpha value is -3.06. The van der Waals surface area contributed by atoms with Crippen molar-refractivity contribution >= 4 is 17.6 Å². The van der Waals surface area contributed by atoms with Gasteiger partial charge >= 0.3 is 5.97 Å². The fourth-order valence-electron chi connectivity index (χ4n) is 3.23. The minimum Gasteiger partial charge on any atom is -0.497 e. The highest BCUT2D eigenvalue weighted by molar-refractivity contribution is 6.31. The standard InChI is InChI=1S/C23H24ClN3O4/c1-3-30-23(28)21-22(17-10-18(24)12-20(11-17)31-14-16-4-5-16)27(26-25-21)13-15-6-8-19(29-2)9-7-15/h6-12,16H,3-5,13-14H2,1-2H3. The van der Waals surface area contributed by atoms with Crippen molar-refractivity contribution in [3.63, 3.8) is 0 Å². The van der Waals surface area contributed by atoms with Gasteiger partial charge in [-0.25, -0.2) is 9.48 Å². The number of benzene rings is 2. The molecule has 1 saturated carbocycles. The summed E-state index contributed by atoms with van der Waals surface area (Å²) in [6.07, 6.45) is 2.39. The maximum atomic E-state index is 12.6. The minimum absolute atomic E-state index is 0.144. The first-order valence-corrected chi connectivity index (χ1v) is 10.6. The maximum absolute atomic E-state index is 12.6. The van der Waals surface area contributed by atoms with Gasteiger partial charge in [-0.05, 0) is 61.6 Å². The van der Waals surface area contributed by atoms with Gasteiger partial charge in [-0.2, -0.15) is 0 Å². The second kappa shape index (κ2) is 9.39. The summed E-state index contributed by atoms with van der Waals surface area (Å²) >= 11 is 6.38. The highest BCUT2D eigenvalue weighted by atomic mass is 35.5. The van der Waals surface area contributed by atoms with E-state index in [0.717, 1.165) is 11.3 Å². The Morgan fingerprint density at radius 1 is 1.16 bits per heavy atom. The summed E-state index contributed by atoms with van der Waals surface area (Å²) < 4.78 is 18.0. The summed E-state index contributed by atoms with van der Waals surface area (Å²) in [6.45, 7) is 3.07. The van der Waals surface area contributed by atoms with E-state index in [2.05, 4.69) is 10.3 Å². The summed E-state index contributed by atoms with van der Waals surface area (Å²) in [6, 6.07) is 13.0. The lowest BCUT2D eigenvalue weighted by molar-refractivity contribution is 0.0520. The predicted molar refractivity (Wildman–Crippen MR) is 117 cm³/mol. The van der Waals surface area contributed by atoms with Gasteiger partial charge in [0, 0.05) is 10.6 Å². The van der Waals surface area contributed by atoms with Gasteiger partial charge < -0.3 is 14.2 Å². The van der Waals surface area contributed by atoms with Crippen LogP contribution < -0.4 is 9.47 Å². The molecule has 162 valence electrons. The molecule has 0 amide bonds. The topological polar surface area (TPSA) is 75.5 Å². The van der Waals surface area contributed by atoms with Crippen LogP contribution in [0.1, 0.15) is 35.8 Å². The van der Waals surface area contributed by atoms with E-state index >= 15 is 0 Å². The smallest absolute Gasteiger partial charge is 0.361 e. The molecule has 0 N–H and O–H groups in total. The molecule has 0 unspecified atom stereocenters. The van der Waals surface area contributed by atoms with Crippen LogP contribution in [0.15, 0.2) is 42.5 Å². The maximum Gasteiger partial charge on any atom is 0.361 e. The number of carbonyl (C=O) groups excluding carboxylic acids is 1. The Bertz CT molecular complexity index is 1060. The third-order valence-electron chi connectivity index (χ3n) is 5.02. The van der Waals surface area contributed by atoms with E-state index < -0.39 is 5.97 Å². The lowest BCUT2D eigenvalue weighted by Crippen LogP contribution is -2.09. The van der Waals surface area contributed by atoms with Crippen LogP contribution >= 0.6 is 11.6 Å². The molecule has 8 heteroatoms. The van der Waals surface area contributed by atoms with Crippen LogP contribution in [0.25, 0.3) is 11.3 Å². The monoisotopic (exact) mass is 441 g/mol. The minimum atomic E-state index is -0.529. The van der Waals surface area contributed by atoms with Gasteiger partial charge in [-0.1, -0.05) is 28.9 Å². The summed E-state index contributed by atoms with van der Waals surface area (Å²) in [5.74, 6) is 1.50. The first-order valence-electron chi connectivity index (χ1n) is 10.2. The zero-order chi connectivity index (χ0) is 21.8. The molecule has 1 aliphatic rings. The van der Waals surface area contributed by atoms with Crippen molar-refractivity contribution in [2.24, 2.45) is 5.92 Å². The first-order chi connectivity index (χ1) is 15.1. The fourth-order valence-corrected chi connectivity index (χ4v) is 3.46. The summed E-state index contributed by atoms with van der Waals surface area (Å²) in [5, 5.41) is 8.85. The summed E-state index contributed by atoms with van der Waals surface area (Å²) in [5.41, 5.74) is 2.35. The van der Waals surface area contributed by atoms with Crippen molar-refractivity contribution < 1.29 is 19.0 Å². The quantitative estimate of drug-likeness (QED) is 0.451. The number of carbonyl (C=O) groups is 1. The molecule has 1 heterocycles. The van der Waals surface area contributed by atoms with Gasteiger partial charge in [0.05, 0.1) is 26.9 Å². The molecule has 2 aromatic carbocycles. The lowest BCUT2D eigenvalue weighted by atomic mass is 10.1. The summed E-state index contributed by atoms with van der Waals surface area (Å²) in [4.78, 5) is 12.6. The van der Waals surface area contributed by atoms with Gasteiger partial charge in [0.2, 0.25) is 0 Å². The van der Waals surface area contributed by atoms with Crippen molar-refractivity contribution in [1.82, 2.24) is 15.0 Å². The highest BCUT2D eigenvalue weighted by Gasteiger charge is 2.25. The average molecular weight is 442 g/mol. The zero-order valence-electron chi connectivity index (χ0n) is 17.5. The Morgan fingerprint density at radius 3 is 2.61 bits per heavy atom. The van der Waals surface area contributed by atoms with E-state index in [9.17, 15) is 4.79 Å². The third-order valence-corrected chi connectivity index (χ3v) is 5.24. The second-order valence-electron chi connectivity index (χ2n) is 7.44. The number of hydrogen-bond donors (Lipinski definition) is 0. The molecule has 0 radical (unpaired) electrons. The molecule has 0 spiro atoms. The lowest BCUT2D eigenvalue weighted by Gasteiger charge is -2.12. The Kier molecular flexibility index (Phi) is 6.42. The summed E-state index contributed by atoms with van der Waals surface area (Å²) in [7, 11) is 1.62. The van der Waals surface area contributed by atoms with Crippen molar-refractivity contribution in [2.45, 2.75) is 26.3 Å². The van der Waals surface area contributed by atoms with Gasteiger partial charge in [-0.3, -0.25) is 0 Å². The van der Waals surface area contributed by atoms with Crippen LogP contribution in [0.5, 0.6) is 11.5 Å². The van der Waals surface area contributed by atoms with Gasteiger partial charge in [0.15, 0.2) is 5.69 Å². The fraction of sp³-hybridized carbons (Fsp3) is 0.348. The SMILES string of the molecule is CCOC(=O)c1nnn(Cc2ccc(OC)cc2)c1-c1cc(Cl)cc(OCC2CC2)c1. The number of rotatable bonds is 9. The molecule has 4 rings (SSSR count). The van der Waals surface area contributed by atoms with Crippen molar-refractivity contribution in [3.8, 4) is 22.8 Å². The van der Waals surface area contributed by atoms with E-state index in [1.807, 2.05) is 30.3 Å². The van der Waals surface area contributed by atoms with Crippen LogP contribution in [0.2, 0.25) is 5.02 Å². The predicted octanol–water partition coefficient (Wildman–Crippen LogP) is 4.62. The molecular formula is C23H24ClN3O4. The van der Waals surface area contributed by atoms with E-state index in [-0.39, 0.29) is 12.3 Å². The number of halogens is 1. The molecule has 1 aliphatic carbocycles. The largest absolute Gasteiger partial charge is 0.497 e. The van der Waals surface area contributed by atoms with Gasteiger partial charge in [-0.15, -0.1) is 5.10 Å². The first kappa shape index (κ1) is 21.2. The van der Waals surface area contributed by atoms with Crippen LogP contribution in [0.4, 0.5) is 0 Å². The van der Waals surface area contributed by atoms with Gasteiger partial charge in [0.25, 0.3) is 0 Å². The Balaban J connectivity index is 1.71. The normalized spacial score (nSPS) is 13.1. The molecule has 0 saturated heterocycles. The van der Waals surface area contributed by atoms with E-state index in [1.54, 1.807) is 30.8 Å². The van der Waals surface area contributed by atoms with Crippen LogP contribution in [0.3, 0.4) is 0 Å². The van der Waals surface area contributed by atoms with E-state index in [1.165, 1.54) is 12.8 Å². The highest BCUT2D eigenvalue weighted by Crippen LogP contribution is 2.33. The van der Waals surface area contributed by atoms with Crippen molar-refractivity contribution in [2.75, 3.05) is 20.3 Å². The molecule has 0 aliphatic heterocycles. The molecular weight excluding hydrogens is 418 g/mol. The Morgan fingerprint density at radius 2 is 1.94 bits per heavy atom. The molecule has 7 nitrogen and oxygen atoms in total. The van der Waals surface area contributed by atoms with Gasteiger partial charge in [0.1, 0.15) is 17.2 Å². The van der Waals surface area contributed by atoms with Crippen molar-refractivity contribution in [3.05, 3.63) is 58.7 Å². The second-order valence-corrected chi connectivity index (χ2v) is 7.88. The molecule has 0 bridgehead atoms. The number of nitrogens with zero attached hydrogens (tertiary/aromatic N) is 3. The molecule has 1 fully saturated rings. The van der Waals surface area contributed by atoms with E-state index in [4.69, 9.17) is 25.8 Å². The van der Waals surface area contributed by atoms with Crippen molar-refractivity contribution in [1.29, 1.82) is 0 Å². The molecule has 0 atom stereocenters. The Labute approximate surface area is 185 Å². The number of esters is 1. The van der Waals surface area contributed by atoms with Crippen LogP contribution in [-0.4, -0.2) is 41.3 Å². The molecule has 31 heavy (non-hydrogen) atoms. The number of methoxy groups -OCH3 is 1. The van der Waals surface area contributed by atoms with Crippen LogP contribution in [-0.2, 0) is 11.3 Å². The van der Waals surface area contributed by atoms with E-state index in [0.29, 0.717) is 41.1 Å².